The molecule has 0 saturated heterocycles. The Labute approximate surface area is 137 Å². The van der Waals surface area contributed by atoms with Crippen molar-refractivity contribution in [3.05, 3.63) is 58.6 Å². The minimum atomic E-state index is 0.0707. The molecule has 1 heterocycles. The number of hydrogen-bond donors (Lipinski definition) is 2. The van der Waals surface area contributed by atoms with E-state index in [0.717, 1.165) is 20.0 Å². The van der Waals surface area contributed by atoms with Gasteiger partial charge in [0.25, 0.3) is 0 Å². The summed E-state index contributed by atoms with van der Waals surface area (Å²) in [6.45, 7) is 0. The quantitative estimate of drug-likeness (QED) is 0.624. The summed E-state index contributed by atoms with van der Waals surface area (Å²) in [4.78, 5) is 0. The van der Waals surface area contributed by atoms with Crippen molar-refractivity contribution in [2.45, 2.75) is 0 Å². The van der Waals surface area contributed by atoms with Crippen molar-refractivity contribution in [3.63, 3.8) is 0 Å². The molecule has 2 aromatic carbocycles. The van der Waals surface area contributed by atoms with Crippen LogP contribution in [0.5, 0.6) is 11.5 Å². The molecule has 5 heteroatoms. The van der Waals surface area contributed by atoms with Crippen LogP contribution >= 0.6 is 23.2 Å². The molecule has 0 radical (unpaired) electrons. The summed E-state index contributed by atoms with van der Waals surface area (Å²) in [5.74, 6) is 0.314. The zero-order chi connectivity index (χ0) is 15.0. The van der Waals surface area contributed by atoms with Crippen molar-refractivity contribution in [2.75, 3.05) is 0 Å². The van der Waals surface area contributed by atoms with E-state index in [4.69, 9.17) is 23.2 Å². The summed E-state index contributed by atoms with van der Waals surface area (Å²) in [7, 11) is 0. The van der Waals surface area contributed by atoms with Gasteiger partial charge in [-0.1, -0.05) is 0 Å². The van der Waals surface area contributed by atoms with Gasteiger partial charge < -0.3 is 0 Å². The standard InChI is InChI=1S/C16H10Cl2O2Se/c17-13-7-9(19)1-3-11(13)15-5-6-16(21-15)12-4-2-10(20)8-14(12)18/h1-8,19-20H. The molecule has 0 aliphatic carbocycles. The van der Waals surface area contributed by atoms with Crippen LogP contribution in [0.1, 0.15) is 0 Å². The first-order valence-corrected chi connectivity index (χ1v) is 8.59. The van der Waals surface area contributed by atoms with Gasteiger partial charge in [0.1, 0.15) is 0 Å². The molecule has 0 aliphatic heterocycles. The van der Waals surface area contributed by atoms with Crippen LogP contribution < -0.4 is 0 Å². The molecule has 0 aliphatic rings. The molecule has 0 spiro atoms. The Kier molecular flexibility index (Phi) is 4.01. The number of rotatable bonds is 2. The summed E-state index contributed by atoms with van der Waals surface area (Å²) in [5, 5.41) is 19.9. The zero-order valence-electron chi connectivity index (χ0n) is 10.7. The van der Waals surface area contributed by atoms with Crippen LogP contribution in [0.25, 0.3) is 20.0 Å². The number of halogens is 2. The minimum absolute atomic E-state index is 0.0707. The van der Waals surface area contributed by atoms with Crippen molar-refractivity contribution in [3.8, 4) is 31.5 Å². The second-order valence-corrected chi connectivity index (χ2v) is 7.58. The second-order valence-electron chi connectivity index (χ2n) is 4.49. The van der Waals surface area contributed by atoms with Crippen LogP contribution in [0, 0.1) is 0 Å². The molecule has 0 fully saturated rings. The second kappa shape index (κ2) is 5.78. The first-order valence-electron chi connectivity index (χ1n) is 6.12. The van der Waals surface area contributed by atoms with Crippen molar-refractivity contribution in [1.82, 2.24) is 0 Å². The summed E-state index contributed by atoms with van der Waals surface area (Å²) >= 11 is 12.4. The van der Waals surface area contributed by atoms with E-state index in [2.05, 4.69) is 0 Å². The fourth-order valence-corrected chi connectivity index (χ4v) is 5.12. The Hall–Kier alpha value is -1.38. The van der Waals surface area contributed by atoms with E-state index >= 15 is 0 Å². The Morgan fingerprint density at radius 2 is 1.10 bits per heavy atom. The van der Waals surface area contributed by atoms with Gasteiger partial charge in [0.15, 0.2) is 0 Å². The molecule has 0 unspecified atom stereocenters. The molecule has 0 bridgehead atoms. The molecule has 2 N–H and O–H groups in total. The Morgan fingerprint density at radius 1 is 0.667 bits per heavy atom. The molecule has 1 aromatic heterocycles. The normalized spacial score (nSPS) is 10.8. The van der Waals surface area contributed by atoms with Crippen LogP contribution in [0.4, 0.5) is 0 Å². The van der Waals surface area contributed by atoms with E-state index in [0.29, 0.717) is 10.0 Å². The van der Waals surface area contributed by atoms with Crippen LogP contribution in [0.3, 0.4) is 0 Å². The van der Waals surface area contributed by atoms with E-state index in [1.54, 1.807) is 24.3 Å². The third-order valence-corrected chi connectivity index (χ3v) is 6.08. The molecule has 106 valence electrons. The van der Waals surface area contributed by atoms with Crippen molar-refractivity contribution >= 4 is 37.7 Å². The van der Waals surface area contributed by atoms with Crippen molar-refractivity contribution < 1.29 is 10.2 Å². The summed E-state index contributed by atoms with van der Waals surface area (Å²) in [6.07, 6.45) is 0. The number of aromatic hydroxyl groups is 2. The molecular weight excluding hydrogens is 374 g/mol. The summed E-state index contributed by atoms with van der Waals surface area (Å²) < 4.78 is 2.26. The SMILES string of the molecule is Oc1ccc(-c2ccc(-c3ccc(O)cc3Cl)[se]2)c(Cl)c1. The molecule has 0 amide bonds. The van der Waals surface area contributed by atoms with E-state index < -0.39 is 0 Å². The van der Waals surface area contributed by atoms with Crippen LogP contribution in [0.15, 0.2) is 48.5 Å². The van der Waals surface area contributed by atoms with Gasteiger partial charge in [-0.3, -0.25) is 0 Å². The maximum absolute atomic E-state index is 9.42. The van der Waals surface area contributed by atoms with Gasteiger partial charge in [-0.25, -0.2) is 0 Å². The molecule has 2 nitrogen and oxygen atoms in total. The Morgan fingerprint density at radius 3 is 1.48 bits per heavy atom. The third kappa shape index (κ3) is 2.97. The van der Waals surface area contributed by atoms with Gasteiger partial charge in [0, 0.05) is 0 Å². The average molecular weight is 384 g/mol. The van der Waals surface area contributed by atoms with Crippen LogP contribution in [-0.2, 0) is 0 Å². The monoisotopic (exact) mass is 384 g/mol. The van der Waals surface area contributed by atoms with Gasteiger partial charge in [-0.15, -0.1) is 0 Å². The van der Waals surface area contributed by atoms with Gasteiger partial charge in [0.2, 0.25) is 0 Å². The van der Waals surface area contributed by atoms with Crippen LogP contribution in [-0.4, -0.2) is 24.7 Å². The van der Waals surface area contributed by atoms with E-state index in [1.807, 2.05) is 24.3 Å². The van der Waals surface area contributed by atoms with Crippen molar-refractivity contribution in [2.24, 2.45) is 0 Å². The molecule has 21 heavy (non-hydrogen) atoms. The number of benzene rings is 2. The van der Waals surface area contributed by atoms with Crippen LogP contribution in [0.2, 0.25) is 10.0 Å². The zero-order valence-corrected chi connectivity index (χ0v) is 13.9. The fourth-order valence-electron chi connectivity index (χ4n) is 2.04. The summed E-state index contributed by atoms with van der Waals surface area (Å²) in [5.41, 5.74) is 1.85. The number of phenols is 2. The van der Waals surface area contributed by atoms with E-state index in [-0.39, 0.29) is 26.0 Å². The molecule has 3 rings (SSSR count). The fraction of sp³-hybridized carbons (Fsp3) is 0. The summed E-state index contributed by atoms with van der Waals surface area (Å²) in [6, 6.07) is 14.0. The first-order chi connectivity index (χ1) is 10.0. The average Bonchev–Trinajstić information content (AvgIpc) is 2.87. The molecule has 3 aromatic rings. The van der Waals surface area contributed by atoms with E-state index in [9.17, 15) is 10.2 Å². The van der Waals surface area contributed by atoms with Crippen molar-refractivity contribution in [1.29, 1.82) is 0 Å². The first kappa shape index (κ1) is 14.6. The predicted molar refractivity (Wildman–Crippen MR) is 87.6 cm³/mol. The molecular formula is C16H10Cl2O2Se. The number of hydrogen-bond acceptors (Lipinski definition) is 2. The Bertz CT molecular complexity index is 746. The maximum atomic E-state index is 9.42. The molecule has 0 atom stereocenters. The predicted octanol–water partition coefficient (Wildman–Crippen LogP) is 4.80. The topological polar surface area (TPSA) is 40.5 Å². The van der Waals surface area contributed by atoms with E-state index in [1.165, 1.54) is 0 Å². The Balaban J connectivity index is 2.03. The van der Waals surface area contributed by atoms with Gasteiger partial charge in [-0.05, 0) is 0 Å². The van der Waals surface area contributed by atoms with Gasteiger partial charge >= 0.3 is 138 Å². The molecule has 0 saturated carbocycles. The van der Waals surface area contributed by atoms with Gasteiger partial charge in [-0.2, -0.15) is 0 Å². The third-order valence-electron chi connectivity index (χ3n) is 3.04. The van der Waals surface area contributed by atoms with Gasteiger partial charge in [0.05, 0.1) is 0 Å². The number of phenolic OH excluding ortho intramolecular Hbond substituents is 2.